The monoisotopic (exact) mass is 290 g/mol. The van der Waals surface area contributed by atoms with Crippen LogP contribution in [0.4, 0.5) is 15.8 Å². The summed E-state index contributed by atoms with van der Waals surface area (Å²) in [6, 6.07) is 2.99. The lowest BCUT2D eigenvalue weighted by Crippen LogP contribution is -2.13. The molecule has 0 aliphatic heterocycles. The predicted molar refractivity (Wildman–Crippen MR) is 60.1 cm³/mol. The van der Waals surface area contributed by atoms with Gasteiger partial charge in [0.1, 0.15) is 11.5 Å². The van der Waals surface area contributed by atoms with Crippen LogP contribution in [0.1, 0.15) is 6.42 Å². The lowest BCUT2D eigenvalue weighted by Gasteiger charge is -2.04. The Morgan fingerprint density at radius 3 is 2.81 bits per heavy atom. The number of rotatable bonds is 4. The molecule has 0 saturated carbocycles. The van der Waals surface area contributed by atoms with Crippen LogP contribution >= 0.6 is 15.9 Å². The first kappa shape index (κ1) is 12.6. The van der Waals surface area contributed by atoms with Gasteiger partial charge in [0.05, 0.1) is 11.0 Å². The van der Waals surface area contributed by atoms with Crippen molar-refractivity contribution in [3.05, 3.63) is 34.1 Å². The summed E-state index contributed by atoms with van der Waals surface area (Å²) in [6.07, 6.45) is 0.189. The second-order valence-electron chi connectivity index (χ2n) is 2.91. The van der Waals surface area contributed by atoms with Gasteiger partial charge in [0.25, 0.3) is 5.69 Å². The molecule has 0 aromatic heterocycles. The normalized spacial score (nSPS) is 9.88. The number of nitro benzene ring substituents is 1. The van der Waals surface area contributed by atoms with E-state index in [0.29, 0.717) is 5.33 Å². The third-order valence-corrected chi connectivity index (χ3v) is 2.15. The van der Waals surface area contributed by atoms with E-state index in [1.165, 1.54) is 6.07 Å². The van der Waals surface area contributed by atoms with E-state index in [1.54, 1.807) is 0 Å². The van der Waals surface area contributed by atoms with E-state index in [-0.39, 0.29) is 18.0 Å². The van der Waals surface area contributed by atoms with Gasteiger partial charge in [-0.3, -0.25) is 14.9 Å². The van der Waals surface area contributed by atoms with Crippen LogP contribution in [0.3, 0.4) is 0 Å². The van der Waals surface area contributed by atoms with Crippen molar-refractivity contribution in [3.8, 4) is 0 Å². The fraction of sp³-hybridized carbons (Fsp3) is 0.222. The largest absolute Gasteiger partial charge is 0.320 e. The van der Waals surface area contributed by atoms with Crippen LogP contribution in [0.15, 0.2) is 18.2 Å². The number of benzene rings is 1. The molecule has 1 aromatic rings. The van der Waals surface area contributed by atoms with Gasteiger partial charge in [0, 0.05) is 11.8 Å². The first-order chi connectivity index (χ1) is 7.54. The fourth-order valence-corrected chi connectivity index (χ4v) is 1.42. The minimum absolute atomic E-state index is 0.00245. The molecular weight excluding hydrogens is 283 g/mol. The smallest absolute Gasteiger partial charge is 0.295 e. The van der Waals surface area contributed by atoms with E-state index >= 15 is 0 Å². The van der Waals surface area contributed by atoms with Crippen molar-refractivity contribution in [2.45, 2.75) is 6.42 Å². The van der Waals surface area contributed by atoms with Gasteiger partial charge in [-0.2, -0.15) is 0 Å². The molecule has 0 atom stereocenters. The van der Waals surface area contributed by atoms with Crippen molar-refractivity contribution < 1.29 is 14.1 Å². The summed E-state index contributed by atoms with van der Waals surface area (Å²) >= 11 is 3.07. The second kappa shape index (κ2) is 5.55. The second-order valence-corrected chi connectivity index (χ2v) is 3.70. The number of amides is 1. The van der Waals surface area contributed by atoms with E-state index in [4.69, 9.17) is 0 Å². The number of hydrogen-bond donors (Lipinski definition) is 1. The highest BCUT2D eigenvalue weighted by molar-refractivity contribution is 9.09. The summed E-state index contributed by atoms with van der Waals surface area (Å²) in [4.78, 5) is 21.1. The zero-order valence-corrected chi connectivity index (χ0v) is 9.66. The molecule has 16 heavy (non-hydrogen) atoms. The van der Waals surface area contributed by atoms with Crippen molar-refractivity contribution >= 4 is 33.2 Å². The highest BCUT2D eigenvalue weighted by Gasteiger charge is 2.16. The van der Waals surface area contributed by atoms with Crippen LogP contribution in [0.25, 0.3) is 0 Å². The summed E-state index contributed by atoms with van der Waals surface area (Å²) < 4.78 is 12.8. The molecule has 0 heterocycles. The van der Waals surface area contributed by atoms with Gasteiger partial charge in [-0.05, 0) is 12.1 Å². The Morgan fingerprint density at radius 1 is 1.56 bits per heavy atom. The number of nitro groups is 1. The third kappa shape index (κ3) is 3.27. The standard InChI is InChI=1S/C9H8BrFN2O3/c10-4-3-9(14)12-7-2-1-6(11)5-8(7)13(15)16/h1-2,5H,3-4H2,(H,12,14). The number of halogens is 2. The van der Waals surface area contributed by atoms with Gasteiger partial charge in [0.15, 0.2) is 0 Å². The van der Waals surface area contributed by atoms with Crippen LogP contribution in [-0.2, 0) is 4.79 Å². The maximum atomic E-state index is 12.8. The van der Waals surface area contributed by atoms with E-state index in [9.17, 15) is 19.3 Å². The Hall–Kier alpha value is -1.50. The molecule has 1 N–H and O–H groups in total. The summed E-state index contributed by atoms with van der Waals surface area (Å²) in [5.41, 5.74) is -0.458. The molecule has 0 saturated heterocycles. The van der Waals surface area contributed by atoms with Crippen molar-refractivity contribution in [1.82, 2.24) is 0 Å². The highest BCUT2D eigenvalue weighted by Crippen LogP contribution is 2.24. The molecule has 5 nitrogen and oxygen atoms in total. The quantitative estimate of drug-likeness (QED) is 0.526. The number of alkyl halides is 1. The molecule has 1 rings (SSSR count). The maximum absolute atomic E-state index is 12.8. The summed E-state index contributed by atoms with van der Waals surface area (Å²) in [7, 11) is 0. The Bertz CT molecular complexity index is 425. The molecule has 0 unspecified atom stereocenters. The average molecular weight is 291 g/mol. The summed E-state index contributed by atoms with van der Waals surface area (Å²) in [6.45, 7) is 0. The lowest BCUT2D eigenvalue weighted by atomic mass is 10.2. The molecule has 0 radical (unpaired) electrons. The highest BCUT2D eigenvalue weighted by atomic mass is 79.9. The van der Waals surface area contributed by atoms with Gasteiger partial charge in [-0.25, -0.2) is 4.39 Å². The minimum Gasteiger partial charge on any atom is -0.320 e. The molecule has 7 heteroatoms. The van der Waals surface area contributed by atoms with Crippen LogP contribution in [0.2, 0.25) is 0 Å². The molecule has 1 aromatic carbocycles. The first-order valence-electron chi connectivity index (χ1n) is 4.34. The van der Waals surface area contributed by atoms with Crippen molar-refractivity contribution in [1.29, 1.82) is 0 Å². The molecule has 0 spiro atoms. The molecule has 0 aliphatic carbocycles. The Labute approximate surface area is 98.9 Å². The predicted octanol–water partition coefficient (Wildman–Crippen LogP) is 2.46. The molecular formula is C9H8BrFN2O3. The van der Waals surface area contributed by atoms with Gasteiger partial charge < -0.3 is 5.32 Å². The van der Waals surface area contributed by atoms with Crippen molar-refractivity contribution in [2.24, 2.45) is 0 Å². The molecule has 1 amide bonds. The molecule has 86 valence electrons. The fourth-order valence-electron chi connectivity index (χ4n) is 1.06. The number of anilines is 1. The minimum atomic E-state index is -0.743. The zero-order valence-electron chi connectivity index (χ0n) is 8.07. The van der Waals surface area contributed by atoms with Crippen LogP contribution in [0, 0.1) is 15.9 Å². The van der Waals surface area contributed by atoms with E-state index < -0.39 is 16.4 Å². The number of carbonyl (C=O) groups excluding carboxylic acids is 1. The van der Waals surface area contributed by atoms with E-state index in [2.05, 4.69) is 21.2 Å². The molecule has 0 bridgehead atoms. The Balaban J connectivity index is 2.95. The third-order valence-electron chi connectivity index (χ3n) is 1.75. The SMILES string of the molecule is O=C(CCBr)Nc1ccc(F)cc1[N+](=O)[O-]. The maximum Gasteiger partial charge on any atom is 0.295 e. The van der Waals surface area contributed by atoms with E-state index in [1.807, 2.05) is 0 Å². The lowest BCUT2D eigenvalue weighted by molar-refractivity contribution is -0.384. The first-order valence-corrected chi connectivity index (χ1v) is 5.46. The summed E-state index contributed by atoms with van der Waals surface area (Å²) in [5, 5.41) is 13.4. The molecule has 0 fully saturated rings. The van der Waals surface area contributed by atoms with Gasteiger partial charge >= 0.3 is 0 Å². The average Bonchev–Trinajstić information content (AvgIpc) is 2.20. The van der Waals surface area contributed by atoms with Gasteiger partial charge in [-0.1, -0.05) is 15.9 Å². The number of nitrogens with zero attached hydrogens (tertiary/aromatic N) is 1. The van der Waals surface area contributed by atoms with E-state index in [0.717, 1.165) is 12.1 Å². The zero-order chi connectivity index (χ0) is 12.1. The Morgan fingerprint density at radius 2 is 2.25 bits per heavy atom. The van der Waals surface area contributed by atoms with Crippen LogP contribution in [0.5, 0.6) is 0 Å². The van der Waals surface area contributed by atoms with Gasteiger partial charge in [-0.15, -0.1) is 0 Å². The van der Waals surface area contributed by atoms with Crippen LogP contribution in [-0.4, -0.2) is 16.2 Å². The summed E-state index contributed by atoms with van der Waals surface area (Å²) in [5.74, 6) is -1.09. The van der Waals surface area contributed by atoms with Crippen LogP contribution < -0.4 is 5.32 Å². The topological polar surface area (TPSA) is 72.2 Å². The van der Waals surface area contributed by atoms with Crippen molar-refractivity contribution in [2.75, 3.05) is 10.6 Å². The van der Waals surface area contributed by atoms with Crippen molar-refractivity contribution in [3.63, 3.8) is 0 Å². The number of nitrogens with one attached hydrogen (secondary N) is 1. The Kier molecular flexibility index (Phi) is 4.36. The number of hydrogen-bond acceptors (Lipinski definition) is 3. The number of carbonyl (C=O) groups is 1. The molecule has 0 aliphatic rings. The van der Waals surface area contributed by atoms with Gasteiger partial charge in [0.2, 0.25) is 5.91 Å².